The minimum atomic E-state index is 0.582. The first-order valence-electron chi connectivity index (χ1n) is 6.02. The lowest BCUT2D eigenvalue weighted by Crippen LogP contribution is -2.33. The number of nitrogens with zero attached hydrogens (tertiary/aromatic N) is 1. The first-order chi connectivity index (χ1) is 6.58. The average Bonchev–Trinajstić information content (AvgIpc) is 2.74. The van der Waals surface area contributed by atoms with Crippen molar-refractivity contribution in [2.75, 3.05) is 20.1 Å². The Morgan fingerprint density at radius 2 is 1.93 bits per heavy atom. The van der Waals surface area contributed by atoms with Crippen LogP contribution in [0.1, 0.15) is 39.5 Å². The van der Waals surface area contributed by atoms with Crippen LogP contribution in [-0.2, 0) is 0 Å². The van der Waals surface area contributed by atoms with E-state index >= 15 is 0 Å². The second kappa shape index (κ2) is 3.82. The van der Waals surface area contributed by atoms with Crippen molar-refractivity contribution in [3.63, 3.8) is 0 Å². The summed E-state index contributed by atoms with van der Waals surface area (Å²) >= 11 is 0. The molecule has 1 saturated carbocycles. The molecule has 0 radical (unpaired) electrons. The Morgan fingerprint density at radius 3 is 2.57 bits per heavy atom. The smallest absolute Gasteiger partial charge is 0.0127 e. The van der Waals surface area contributed by atoms with Gasteiger partial charge in [0.1, 0.15) is 0 Å². The molecule has 1 heterocycles. The minimum Gasteiger partial charge on any atom is -0.311 e. The molecule has 2 fully saturated rings. The lowest BCUT2D eigenvalue weighted by atomic mass is 10.1. The fourth-order valence-corrected chi connectivity index (χ4v) is 2.44. The molecule has 2 aliphatic rings. The molecular formula is C12H24N2. The second-order valence-corrected chi connectivity index (χ2v) is 5.84. The molecule has 0 spiro atoms. The minimum absolute atomic E-state index is 0.582. The van der Waals surface area contributed by atoms with Crippen LogP contribution in [0.15, 0.2) is 0 Å². The summed E-state index contributed by atoms with van der Waals surface area (Å²) in [7, 11) is 2.24. The topological polar surface area (TPSA) is 15.3 Å². The van der Waals surface area contributed by atoms with Crippen molar-refractivity contribution >= 4 is 0 Å². The molecule has 2 nitrogen and oxygen atoms in total. The normalized spacial score (nSPS) is 37.9. The largest absolute Gasteiger partial charge is 0.311 e. The van der Waals surface area contributed by atoms with Crippen LogP contribution in [0, 0.1) is 5.41 Å². The zero-order valence-electron chi connectivity index (χ0n) is 9.84. The lowest BCUT2D eigenvalue weighted by molar-refractivity contribution is 0.341. The van der Waals surface area contributed by atoms with Crippen molar-refractivity contribution in [2.45, 2.75) is 51.6 Å². The number of rotatable bonds is 2. The molecule has 0 aromatic heterocycles. The second-order valence-electron chi connectivity index (χ2n) is 5.84. The number of nitrogens with one attached hydrogen (secondary N) is 1. The molecule has 1 N–H and O–H groups in total. The van der Waals surface area contributed by atoms with Gasteiger partial charge in [0.2, 0.25) is 0 Å². The van der Waals surface area contributed by atoms with E-state index in [-0.39, 0.29) is 0 Å². The molecule has 0 bridgehead atoms. The van der Waals surface area contributed by atoms with Crippen LogP contribution < -0.4 is 5.32 Å². The highest BCUT2D eigenvalue weighted by Gasteiger charge is 2.46. The van der Waals surface area contributed by atoms with E-state index in [9.17, 15) is 0 Å². The lowest BCUT2D eigenvalue weighted by Gasteiger charge is -2.17. The first kappa shape index (κ1) is 10.4. The monoisotopic (exact) mass is 196 g/mol. The molecule has 1 aliphatic carbocycles. The van der Waals surface area contributed by atoms with E-state index < -0.39 is 0 Å². The van der Waals surface area contributed by atoms with Crippen molar-refractivity contribution in [2.24, 2.45) is 5.41 Å². The summed E-state index contributed by atoms with van der Waals surface area (Å²) in [6.45, 7) is 7.29. The van der Waals surface area contributed by atoms with Crippen LogP contribution in [0.5, 0.6) is 0 Å². The van der Waals surface area contributed by atoms with E-state index in [1.165, 1.54) is 38.8 Å². The molecule has 0 amide bonds. The molecule has 1 saturated heterocycles. The van der Waals surface area contributed by atoms with Crippen LogP contribution in [0.25, 0.3) is 0 Å². The first-order valence-corrected chi connectivity index (χ1v) is 6.02. The Hall–Kier alpha value is -0.0800. The maximum atomic E-state index is 3.82. The summed E-state index contributed by atoms with van der Waals surface area (Å²) in [5.41, 5.74) is 0.582. The number of hydrogen-bond acceptors (Lipinski definition) is 2. The van der Waals surface area contributed by atoms with Crippen molar-refractivity contribution in [3.05, 3.63) is 0 Å². The van der Waals surface area contributed by atoms with Gasteiger partial charge in [-0.2, -0.15) is 0 Å². The standard InChI is InChI=1S/C12H24N2/c1-12(2)9-11(12)13-10-5-4-7-14(3)8-6-10/h10-11,13H,4-9H2,1-3H3. The Balaban J connectivity index is 1.76. The van der Waals surface area contributed by atoms with Gasteiger partial charge in [-0.3, -0.25) is 0 Å². The molecule has 2 heteroatoms. The van der Waals surface area contributed by atoms with Gasteiger partial charge in [-0.25, -0.2) is 0 Å². The van der Waals surface area contributed by atoms with E-state index in [1.807, 2.05) is 0 Å². The molecule has 0 aromatic carbocycles. The predicted molar refractivity (Wildman–Crippen MR) is 60.5 cm³/mol. The van der Waals surface area contributed by atoms with Gasteiger partial charge in [0.25, 0.3) is 0 Å². The fraction of sp³-hybridized carbons (Fsp3) is 1.00. The van der Waals surface area contributed by atoms with Crippen molar-refractivity contribution in [1.29, 1.82) is 0 Å². The average molecular weight is 196 g/mol. The SMILES string of the molecule is CN1CCCC(NC2CC2(C)C)CC1. The number of likely N-dealkylation sites (tertiary alicyclic amines) is 1. The Morgan fingerprint density at radius 1 is 1.21 bits per heavy atom. The maximum Gasteiger partial charge on any atom is 0.0127 e. The predicted octanol–water partition coefficient (Wildman–Crippen LogP) is 1.86. The highest BCUT2D eigenvalue weighted by atomic mass is 15.1. The van der Waals surface area contributed by atoms with E-state index in [1.54, 1.807) is 0 Å². The summed E-state index contributed by atoms with van der Waals surface area (Å²) < 4.78 is 0. The van der Waals surface area contributed by atoms with Gasteiger partial charge in [0, 0.05) is 12.1 Å². The summed E-state index contributed by atoms with van der Waals surface area (Å²) in [4.78, 5) is 2.46. The van der Waals surface area contributed by atoms with E-state index in [0.29, 0.717) is 5.41 Å². The Labute approximate surface area is 88.1 Å². The van der Waals surface area contributed by atoms with Crippen LogP contribution in [0.2, 0.25) is 0 Å². The zero-order chi connectivity index (χ0) is 10.2. The molecule has 1 aliphatic heterocycles. The highest BCUT2D eigenvalue weighted by molar-refractivity contribution is 5.02. The zero-order valence-corrected chi connectivity index (χ0v) is 9.84. The van der Waals surface area contributed by atoms with Gasteiger partial charge in [0.05, 0.1) is 0 Å². The van der Waals surface area contributed by atoms with Gasteiger partial charge < -0.3 is 10.2 Å². The van der Waals surface area contributed by atoms with Gasteiger partial charge in [0.15, 0.2) is 0 Å². The van der Waals surface area contributed by atoms with Crippen molar-refractivity contribution < 1.29 is 0 Å². The molecule has 14 heavy (non-hydrogen) atoms. The third-order valence-electron chi connectivity index (χ3n) is 3.90. The van der Waals surface area contributed by atoms with Gasteiger partial charge in [-0.15, -0.1) is 0 Å². The van der Waals surface area contributed by atoms with Crippen molar-refractivity contribution in [1.82, 2.24) is 10.2 Å². The molecule has 2 atom stereocenters. The van der Waals surface area contributed by atoms with E-state index in [0.717, 1.165) is 12.1 Å². The third-order valence-corrected chi connectivity index (χ3v) is 3.90. The van der Waals surface area contributed by atoms with Crippen LogP contribution in [0.3, 0.4) is 0 Å². The van der Waals surface area contributed by atoms with Crippen LogP contribution >= 0.6 is 0 Å². The Kier molecular flexibility index (Phi) is 2.85. The van der Waals surface area contributed by atoms with Crippen LogP contribution in [-0.4, -0.2) is 37.1 Å². The van der Waals surface area contributed by atoms with Crippen molar-refractivity contribution in [3.8, 4) is 0 Å². The van der Waals surface area contributed by atoms with Gasteiger partial charge in [-0.1, -0.05) is 13.8 Å². The summed E-state index contributed by atoms with van der Waals surface area (Å²) in [6.07, 6.45) is 5.45. The summed E-state index contributed by atoms with van der Waals surface area (Å²) in [5, 5.41) is 3.82. The number of hydrogen-bond donors (Lipinski definition) is 1. The van der Waals surface area contributed by atoms with E-state index in [2.05, 4.69) is 31.1 Å². The highest BCUT2D eigenvalue weighted by Crippen LogP contribution is 2.45. The van der Waals surface area contributed by atoms with Crippen LogP contribution in [0.4, 0.5) is 0 Å². The summed E-state index contributed by atoms with van der Waals surface area (Å²) in [6, 6.07) is 1.59. The maximum absolute atomic E-state index is 3.82. The molecular weight excluding hydrogens is 172 g/mol. The van der Waals surface area contributed by atoms with E-state index in [4.69, 9.17) is 0 Å². The molecule has 2 unspecified atom stereocenters. The third kappa shape index (κ3) is 2.48. The van der Waals surface area contributed by atoms with Gasteiger partial charge >= 0.3 is 0 Å². The molecule has 82 valence electrons. The van der Waals surface area contributed by atoms with Gasteiger partial charge in [-0.05, 0) is 51.2 Å². The fourth-order valence-electron chi connectivity index (χ4n) is 2.44. The summed E-state index contributed by atoms with van der Waals surface area (Å²) in [5.74, 6) is 0. The molecule has 0 aromatic rings. The Bertz CT molecular complexity index is 200. The quantitative estimate of drug-likeness (QED) is 0.725. The molecule has 2 rings (SSSR count).